The second-order valence-electron chi connectivity index (χ2n) is 3.32. The smallest absolute Gasteiger partial charge is 0.310 e. The summed E-state index contributed by atoms with van der Waals surface area (Å²) >= 11 is 3.28. The van der Waals surface area contributed by atoms with Gasteiger partial charge in [0.15, 0.2) is 0 Å². The topological polar surface area (TPSA) is 70.3 Å². The number of alkyl halides is 1. The minimum atomic E-state index is -0.406. The van der Waals surface area contributed by atoms with Crippen molar-refractivity contribution in [2.24, 2.45) is 0 Å². The number of halogens is 1. The van der Waals surface area contributed by atoms with Crippen LogP contribution in [0, 0.1) is 11.3 Å². The number of carbonyl (C=O) groups excluding carboxylic acids is 1. The van der Waals surface area contributed by atoms with Crippen LogP contribution in [0.3, 0.4) is 0 Å². The van der Waals surface area contributed by atoms with Gasteiger partial charge in [0.25, 0.3) is 0 Å². The Bertz CT molecular complexity index is 466. The molecule has 90 valence electrons. The van der Waals surface area contributed by atoms with Crippen molar-refractivity contribution in [3.8, 4) is 11.8 Å². The predicted octanol–water partition coefficient (Wildman–Crippen LogP) is 2.26. The van der Waals surface area contributed by atoms with Crippen LogP contribution in [0.2, 0.25) is 0 Å². The van der Waals surface area contributed by atoms with Gasteiger partial charge >= 0.3 is 5.97 Å². The monoisotopic (exact) mass is 297 g/mol. The number of esters is 1. The maximum Gasteiger partial charge on any atom is 0.310 e. The van der Waals surface area contributed by atoms with E-state index in [2.05, 4.69) is 15.9 Å². The van der Waals surface area contributed by atoms with Gasteiger partial charge in [-0.15, -0.1) is 0 Å². The summed E-state index contributed by atoms with van der Waals surface area (Å²) in [4.78, 5) is 11.4. The molecule has 0 spiro atoms. The molecule has 0 heterocycles. The summed E-state index contributed by atoms with van der Waals surface area (Å²) in [5.41, 5.74) is 1.45. The minimum Gasteiger partial charge on any atom is -0.507 e. The van der Waals surface area contributed by atoms with Gasteiger partial charge in [-0.3, -0.25) is 4.79 Å². The van der Waals surface area contributed by atoms with Crippen LogP contribution in [0.25, 0.3) is 0 Å². The van der Waals surface area contributed by atoms with Crippen molar-refractivity contribution < 1.29 is 14.6 Å². The van der Waals surface area contributed by atoms with Crippen molar-refractivity contribution in [1.29, 1.82) is 5.26 Å². The average molecular weight is 298 g/mol. The molecule has 17 heavy (non-hydrogen) atoms. The third-order valence-corrected chi connectivity index (χ3v) is 2.87. The third-order valence-electron chi connectivity index (χ3n) is 2.27. The van der Waals surface area contributed by atoms with E-state index in [1.165, 1.54) is 6.07 Å². The molecule has 0 aliphatic carbocycles. The molecule has 0 atom stereocenters. The fourth-order valence-electron chi connectivity index (χ4n) is 1.49. The molecule has 0 unspecified atom stereocenters. The van der Waals surface area contributed by atoms with Gasteiger partial charge < -0.3 is 9.84 Å². The van der Waals surface area contributed by atoms with E-state index in [1.54, 1.807) is 13.0 Å². The van der Waals surface area contributed by atoms with Crippen molar-refractivity contribution in [2.45, 2.75) is 18.7 Å². The van der Waals surface area contributed by atoms with Crippen molar-refractivity contribution in [3.05, 3.63) is 28.8 Å². The van der Waals surface area contributed by atoms with Crippen molar-refractivity contribution in [3.63, 3.8) is 0 Å². The van der Waals surface area contributed by atoms with Crippen LogP contribution in [0.1, 0.15) is 23.6 Å². The minimum absolute atomic E-state index is 0.00787. The van der Waals surface area contributed by atoms with Crippen molar-refractivity contribution >= 4 is 21.9 Å². The van der Waals surface area contributed by atoms with E-state index in [1.807, 2.05) is 6.07 Å². The number of rotatable bonds is 4. The van der Waals surface area contributed by atoms with Gasteiger partial charge in [0.05, 0.1) is 18.6 Å². The predicted molar refractivity (Wildman–Crippen MR) is 65.8 cm³/mol. The summed E-state index contributed by atoms with van der Waals surface area (Å²) in [5, 5.41) is 19.1. The van der Waals surface area contributed by atoms with E-state index < -0.39 is 5.97 Å². The van der Waals surface area contributed by atoms with Crippen LogP contribution in [0.15, 0.2) is 12.1 Å². The van der Waals surface area contributed by atoms with E-state index >= 15 is 0 Å². The molecule has 1 aromatic rings. The molecular weight excluding hydrogens is 286 g/mol. The number of phenols is 1. The number of aromatic hydroxyl groups is 1. The zero-order valence-corrected chi connectivity index (χ0v) is 11.0. The summed E-state index contributed by atoms with van der Waals surface area (Å²) in [7, 11) is 0. The lowest BCUT2D eigenvalue weighted by atomic mass is 9.99. The Kier molecular flexibility index (Phi) is 4.98. The lowest BCUT2D eigenvalue weighted by Crippen LogP contribution is -2.10. The number of carbonyl (C=O) groups is 1. The SMILES string of the molecule is CCOC(=O)Cc1c(CBr)ccc(O)c1C#N. The fraction of sp³-hybridized carbons (Fsp3) is 0.333. The zero-order valence-electron chi connectivity index (χ0n) is 9.36. The highest BCUT2D eigenvalue weighted by atomic mass is 79.9. The molecule has 0 radical (unpaired) electrons. The largest absolute Gasteiger partial charge is 0.507 e. The highest BCUT2D eigenvalue weighted by Gasteiger charge is 2.16. The van der Waals surface area contributed by atoms with Crippen LogP contribution < -0.4 is 0 Å². The maximum atomic E-state index is 11.4. The lowest BCUT2D eigenvalue weighted by Gasteiger charge is -2.10. The molecule has 1 aromatic carbocycles. The van der Waals surface area contributed by atoms with Gasteiger partial charge in [0.1, 0.15) is 11.8 Å². The Hall–Kier alpha value is -1.54. The van der Waals surface area contributed by atoms with Gasteiger partial charge in [-0.1, -0.05) is 22.0 Å². The molecule has 0 fully saturated rings. The number of ether oxygens (including phenoxy) is 1. The molecule has 1 rings (SSSR count). The number of nitrogens with zero attached hydrogens (tertiary/aromatic N) is 1. The van der Waals surface area contributed by atoms with Gasteiger partial charge in [0.2, 0.25) is 0 Å². The summed E-state index contributed by atoms with van der Waals surface area (Å²) in [6, 6.07) is 5.04. The van der Waals surface area contributed by atoms with Gasteiger partial charge in [0, 0.05) is 5.33 Å². The molecule has 0 aliphatic heterocycles. The molecular formula is C12H12BrNO3. The molecule has 1 N–H and O–H groups in total. The maximum absolute atomic E-state index is 11.4. The van der Waals surface area contributed by atoms with Crippen molar-refractivity contribution in [2.75, 3.05) is 6.61 Å². The molecule has 0 saturated carbocycles. The second kappa shape index (κ2) is 6.26. The Morgan fingerprint density at radius 1 is 1.59 bits per heavy atom. The van der Waals surface area contributed by atoms with E-state index in [0.717, 1.165) is 5.56 Å². The number of hydrogen-bond acceptors (Lipinski definition) is 4. The highest BCUT2D eigenvalue weighted by molar-refractivity contribution is 9.08. The average Bonchev–Trinajstić information content (AvgIpc) is 2.30. The van der Waals surface area contributed by atoms with Crippen LogP contribution in [-0.4, -0.2) is 17.7 Å². The van der Waals surface area contributed by atoms with Crippen LogP contribution in [0.5, 0.6) is 5.75 Å². The first-order valence-corrected chi connectivity index (χ1v) is 6.21. The summed E-state index contributed by atoms with van der Waals surface area (Å²) in [5.74, 6) is -0.520. The molecule has 0 bridgehead atoms. The summed E-state index contributed by atoms with van der Waals surface area (Å²) in [6.45, 7) is 2.01. The molecule has 0 amide bonds. The lowest BCUT2D eigenvalue weighted by molar-refractivity contribution is -0.142. The summed E-state index contributed by atoms with van der Waals surface area (Å²) in [6.07, 6.45) is -0.00787. The number of hydrogen-bond donors (Lipinski definition) is 1. The van der Waals surface area contributed by atoms with Crippen LogP contribution >= 0.6 is 15.9 Å². The molecule has 4 nitrogen and oxygen atoms in total. The third kappa shape index (κ3) is 3.21. The Morgan fingerprint density at radius 2 is 2.29 bits per heavy atom. The van der Waals surface area contributed by atoms with E-state index in [4.69, 9.17) is 10.00 Å². The van der Waals surface area contributed by atoms with Crippen LogP contribution in [-0.2, 0) is 21.3 Å². The van der Waals surface area contributed by atoms with Crippen molar-refractivity contribution in [1.82, 2.24) is 0 Å². The fourth-order valence-corrected chi connectivity index (χ4v) is 2.01. The number of phenolic OH excluding ortho intramolecular Hbond substituents is 1. The van der Waals surface area contributed by atoms with Gasteiger partial charge in [-0.25, -0.2) is 0 Å². The molecule has 0 aromatic heterocycles. The van der Waals surface area contributed by atoms with Crippen LogP contribution in [0.4, 0.5) is 0 Å². The highest BCUT2D eigenvalue weighted by Crippen LogP contribution is 2.26. The zero-order chi connectivity index (χ0) is 12.8. The Labute approximate surface area is 108 Å². The molecule has 0 saturated heterocycles. The first-order chi connectivity index (χ1) is 8.13. The quantitative estimate of drug-likeness (QED) is 0.684. The Balaban J connectivity index is 3.15. The molecule has 0 aliphatic rings. The van der Waals surface area contributed by atoms with E-state index in [-0.39, 0.29) is 17.7 Å². The summed E-state index contributed by atoms with van der Waals surface area (Å²) < 4.78 is 4.84. The normalized spacial score (nSPS) is 9.71. The number of benzene rings is 1. The first-order valence-electron chi connectivity index (χ1n) is 5.09. The standard InChI is InChI=1S/C12H12BrNO3/c1-2-17-12(16)5-9-8(6-13)3-4-11(15)10(9)7-14/h3-4,15H,2,5-6H2,1H3. The van der Waals surface area contributed by atoms with Gasteiger partial charge in [-0.05, 0) is 24.1 Å². The second-order valence-corrected chi connectivity index (χ2v) is 3.89. The Morgan fingerprint density at radius 3 is 2.82 bits per heavy atom. The first kappa shape index (κ1) is 13.5. The van der Waals surface area contributed by atoms with Gasteiger partial charge in [-0.2, -0.15) is 5.26 Å². The molecule has 5 heteroatoms. The number of nitriles is 1. The van der Waals surface area contributed by atoms with E-state index in [9.17, 15) is 9.90 Å². The van der Waals surface area contributed by atoms with E-state index in [0.29, 0.717) is 17.5 Å².